The average Bonchev–Trinajstić information content (AvgIpc) is 2.89. The highest BCUT2D eigenvalue weighted by Gasteiger charge is 2.36. The highest BCUT2D eigenvalue weighted by atomic mass is 19.1. The van der Waals surface area contributed by atoms with Crippen LogP contribution in [0.2, 0.25) is 0 Å². The number of nitro groups is 1. The van der Waals surface area contributed by atoms with Crippen molar-refractivity contribution in [1.29, 1.82) is 0 Å². The summed E-state index contributed by atoms with van der Waals surface area (Å²) in [6, 6.07) is 2.92. The molecule has 0 saturated carbocycles. The predicted molar refractivity (Wildman–Crippen MR) is 92.1 cm³/mol. The Morgan fingerprint density at radius 1 is 1.38 bits per heavy atom. The molecule has 0 spiro atoms. The van der Waals surface area contributed by atoms with Crippen LogP contribution in [-0.4, -0.2) is 65.5 Å². The summed E-state index contributed by atoms with van der Waals surface area (Å²) < 4.78 is 19.4. The van der Waals surface area contributed by atoms with Gasteiger partial charge in [-0.15, -0.1) is 0 Å². The van der Waals surface area contributed by atoms with Gasteiger partial charge in [0.1, 0.15) is 11.9 Å². The predicted octanol–water partition coefficient (Wildman–Crippen LogP) is 1.50. The monoisotopic (exact) mass is 367 g/mol. The van der Waals surface area contributed by atoms with Gasteiger partial charge >= 0.3 is 0 Å². The maximum atomic E-state index is 14.2. The summed E-state index contributed by atoms with van der Waals surface area (Å²) in [7, 11) is 0. The lowest BCUT2D eigenvalue weighted by atomic mass is 10.0. The molecule has 0 bridgehead atoms. The Kier molecular flexibility index (Phi) is 4.85. The number of alkyl halides is 1. The van der Waals surface area contributed by atoms with E-state index in [1.807, 2.05) is 4.90 Å². The molecule has 1 N–H and O–H groups in total. The summed E-state index contributed by atoms with van der Waals surface area (Å²) in [5.41, 5.74) is -0.409. The van der Waals surface area contributed by atoms with Gasteiger partial charge in [-0.2, -0.15) is 0 Å². The maximum absolute atomic E-state index is 14.2. The number of benzene rings is 1. The summed E-state index contributed by atoms with van der Waals surface area (Å²) in [4.78, 5) is 26.8. The molecule has 8 nitrogen and oxygen atoms in total. The normalized spacial score (nSPS) is 18.8. The summed E-state index contributed by atoms with van der Waals surface area (Å²) in [5.74, 6) is -0.378. The molecule has 1 aromatic rings. The smallest absolute Gasteiger partial charge is 0.292 e. The van der Waals surface area contributed by atoms with E-state index in [2.05, 4.69) is 0 Å². The Balaban J connectivity index is 1.91. The first kappa shape index (κ1) is 18.5. The third-order valence-corrected chi connectivity index (χ3v) is 4.77. The zero-order valence-electron chi connectivity index (χ0n) is 14.8. The van der Waals surface area contributed by atoms with Crippen LogP contribution in [0.5, 0.6) is 0 Å². The highest BCUT2D eigenvalue weighted by molar-refractivity contribution is 6.00. The fourth-order valence-electron chi connectivity index (χ4n) is 3.17. The van der Waals surface area contributed by atoms with Crippen LogP contribution in [0.25, 0.3) is 0 Å². The number of hydrogen-bond donors (Lipinski definition) is 1. The summed E-state index contributed by atoms with van der Waals surface area (Å²) >= 11 is 0. The van der Waals surface area contributed by atoms with Crippen LogP contribution in [0, 0.1) is 10.1 Å². The largest absolute Gasteiger partial charge is 0.387 e. The fraction of sp³-hybridized carbons (Fsp3) is 0.588. The standard InChI is InChI=1S/C17H22FN3O5/c1-17(2,23)15(18)10-20-9-11-7-14(21(24)25)13(8-12(11)16(20)22)19-3-5-26-6-4-19/h7-8,15,23H,3-6,9-10H2,1-2H3/t15-/m1/s1. The van der Waals surface area contributed by atoms with Gasteiger partial charge in [-0.05, 0) is 25.5 Å². The third kappa shape index (κ3) is 3.49. The molecule has 1 saturated heterocycles. The zero-order valence-corrected chi connectivity index (χ0v) is 14.8. The minimum absolute atomic E-state index is 0.0698. The van der Waals surface area contributed by atoms with Crippen molar-refractivity contribution in [3.63, 3.8) is 0 Å². The van der Waals surface area contributed by atoms with Gasteiger partial charge in [-0.3, -0.25) is 14.9 Å². The van der Waals surface area contributed by atoms with Crippen molar-refractivity contribution >= 4 is 17.3 Å². The molecule has 1 amide bonds. The molecule has 0 aliphatic carbocycles. The first-order valence-electron chi connectivity index (χ1n) is 8.48. The number of nitro benzene ring substituents is 1. The lowest BCUT2D eigenvalue weighted by Gasteiger charge is -2.28. The number of aliphatic hydroxyl groups is 1. The number of ether oxygens (including phenoxy) is 1. The Bertz CT molecular complexity index is 728. The topological polar surface area (TPSA) is 96.2 Å². The average molecular weight is 367 g/mol. The van der Waals surface area contributed by atoms with Gasteiger partial charge in [0.15, 0.2) is 0 Å². The van der Waals surface area contributed by atoms with Gasteiger partial charge in [0.2, 0.25) is 0 Å². The van der Waals surface area contributed by atoms with Crippen LogP contribution >= 0.6 is 0 Å². The lowest BCUT2D eigenvalue weighted by Crippen LogP contribution is -2.42. The van der Waals surface area contributed by atoms with Gasteiger partial charge in [0.25, 0.3) is 11.6 Å². The van der Waals surface area contributed by atoms with E-state index in [9.17, 15) is 24.4 Å². The molecule has 142 valence electrons. The number of morpholine rings is 1. The summed E-state index contributed by atoms with van der Waals surface area (Å²) in [6.07, 6.45) is -1.62. The van der Waals surface area contributed by atoms with Gasteiger partial charge in [-0.1, -0.05) is 0 Å². The van der Waals surface area contributed by atoms with Crippen LogP contribution in [0.15, 0.2) is 12.1 Å². The van der Waals surface area contributed by atoms with Crippen molar-refractivity contribution < 1.29 is 24.0 Å². The van der Waals surface area contributed by atoms with E-state index >= 15 is 0 Å². The zero-order chi connectivity index (χ0) is 19.1. The van der Waals surface area contributed by atoms with Crippen LogP contribution < -0.4 is 4.90 Å². The number of amides is 1. The van der Waals surface area contributed by atoms with E-state index in [4.69, 9.17) is 4.74 Å². The fourth-order valence-corrected chi connectivity index (χ4v) is 3.17. The van der Waals surface area contributed by atoms with E-state index in [1.165, 1.54) is 30.9 Å². The molecular formula is C17H22FN3O5. The van der Waals surface area contributed by atoms with Crippen LogP contribution in [0.1, 0.15) is 29.8 Å². The molecule has 9 heteroatoms. The van der Waals surface area contributed by atoms with Crippen molar-refractivity contribution in [2.75, 3.05) is 37.7 Å². The Morgan fingerprint density at radius 3 is 2.62 bits per heavy atom. The molecule has 0 radical (unpaired) electrons. The van der Waals surface area contributed by atoms with Gasteiger partial charge in [-0.25, -0.2) is 4.39 Å². The number of fused-ring (bicyclic) bond motifs is 1. The van der Waals surface area contributed by atoms with Crippen LogP contribution in [-0.2, 0) is 11.3 Å². The number of carbonyl (C=O) groups excluding carboxylic acids is 1. The Labute approximate surface area is 150 Å². The third-order valence-electron chi connectivity index (χ3n) is 4.77. The molecule has 0 aromatic heterocycles. The minimum Gasteiger partial charge on any atom is -0.387 e. The van der Waals surface area contributed by atoms with Crippen molar-refractivity contribution in [3.05, 3.63) is 33.4 Å². The molecule has 2 aliphatic rings. The van der Waals surface area contributed by atoms with Crippen LogP contribution in [0.3, 0.4) is 0 Å². The molecular weight excluding hydrogens is 345 g/mol. The first-order chi connectivity index (χ1) is 12.2. The van der Waals surface area contributed by atoms with E-state index in [0.717, 1.165) is 0 Å². The Hall–Kier alpha value is -2.26. The first-order valence-corrected chi connectivity index (χ1v) is 8.48. The molecule has 2 aliphatic heterocycles. The number of carbonyl (C=O) groups is 1. The molecule has 1 aromatic carbocycles. The van der Waals surface area contributed by atoms with Crippen LogP contribution in [0.4, 0.5) is 15.8 Å². The minimum atomic E-state index is -1.62. The SMILES string of the molecule is CC(C)(O)[C@H](F)CN1Cc2cc([N+](=O)[O-])c(N3CCOCC3)cc2C1=O. The lowest BCUT2D eigenvalue weighted by molar-refractivity contribution is -0.384. The quantitative estimate of drug-likeness (QED) is 0.626. The van der Waals surface area contributed by atoms with Gasteiger partial charge in [0, 0.05) is 31.3 Å². The van der Waals surface area contributed by atoms with E-state index in [0.29, 0.717) is 43.1 Å². The second-order valence-corrected chi connectivity index (χ2v) is 7.16. The molecule has 26 heavy (non-hydrogen) atoms. The molecule has 3 rings (SSSR count). The van der Waals surface area contributed by atoms with Crippen molar-refractivity contribution in [2.24, 2.45) is 0 Å². The second kappa shape index (κ2) is 6.81. The summed E-state index contributed by atoms with van der Waals surface area (Å²) in [5, 5.41) is 21.3. The van der Waals surface area contributed by atoms with Crippen molar-refractivity contribution in [3.8, 4) is 0 Å². The molecule has 1 atom stereocenters. The number of anilines is 1. The molecule has 0 unspecified atom stereocenters. The van der Waals surface area contributed by atoms with E-state index in [-0.39, 0.29) is 24.7 Å². The number of nitrogens with zero attached hydrogens (tertiary/aromatic N) is 3. The second-order valence-electron chi connectivity index (χ2n) is 7.16. The maximum Gasteiger partial charge on any atom is 0.292 e. The van der Waals surface area contributed by atoms with Crippen molar-refractivity contribution in [2.45, 2.75) is 32.2 Å². The number of hydrogen-bond acceptors (Lipinski definition) is 6. The number of rotatable bonds is 5. The molecule has 2 heterocycles. The van der Waals surface area contributed by atoms with Gasteiger partial charge < -0.3 is 19.6 Å². The number of halogens is 1. The molecule has 1 fully saturated rings. The highest BCUT2D eigenvalue weighted by Crippen LogP contribution is 2.36. The van der Waals surface area contributed by atoms with E-state index in [1.54, 1.807) is 0 Å². The van der Waals surface area contributed by atoms with Gasteiger partial charge in [0.05, 0.1) is 30.3 Å². The van der Waals surface area contributed by atoms with E-state index < -0.39 is 16.7 Å². The van der Waals surface area contributed by atoms with Crippen molar-refractivity contribution in [1.82, 2.24) is 4.90 Å². The Morgan fingerprint density at radius 2 is 2.04 bits per heavy atom. The summed E-state index contributed by atoms with van der Waals surface area (Å²) in [6.45, 7) is 4.44.